The molecule has 0 spiro atoms. The largest absolute Gasteiger partial charge is 0.348 e. The van der Waals surface area contributed by atoms with Crippen LogP contribution in [0.5, 0.6) is 0 Å². The topological polar surface area (TPSA) is 84.0 Å². The van der Waals surface area contributed by atoms with E-state index in [-0.39, 0.29) is 17.5 Å². The molecule has 2 amide bonds. The van der Waals surface area contributed by atoms with Gasteiger partial charge in [-0.3, -0.25) is 19.6 Å². The minimum Gasteiger partial charge on any atom is -0.348 e. The van der Waals surface area contributed by atoms with Crippen LogP contribution in [0, 0.1) is 13.8 Å². The number of carbonyl (C=O) groups excluding carboxylic acids is 2. The van der Waals surface area contributed by atoms with Gasteiger partial charge in [-0.15, -0.1) is 0 Å². The predicted molar refractivity (Wildman–Crippen MR) is 104 cm³/mol. The van der Waals surface area contributed by atoms with Gasteiger partial charge in [0.25, 0.3) is 11.8 Å². The average Bonchev–Trinajstić information content (AvgIpc) is 2.66. The van der Waals surface area contributed by atoms with Crippen molar-refractivity contribution in [2.24, 2.45) is 0 Å². The first-order chi connectivity index (χ1) is 13.0. The number of aryl methyl sites for hydroxylation is 2. The summed E-state index contributed by atoms with van der Waals surface area (Å²) >= 11 is 0. The van der Waals surface area contributed by atoms with E-state index < -0.39 is 0 Å². The number of amides is 2. The van der Waals surface area contributed by atoms with Gasteiger partial charge in [0, 0.05) is 36.4 Å². The van der Waals surface area contributed by atoms with Crippen molar-refractivity contribution in [1.82, 2.24) is 15.3 Å². The molecule has 2 heterocycles. The molecule has 3 rings (SSSR count). The number of aromatic nitrogens is 2. The van der Waals surface area contributed by atoms with Crippen LogP contribution >= 0.6 is 0 Å². The Morgan fingerprint density at radius 2 is 1.74 bits per heavy atom. The second kappa shape index (κ2) is 8.23. The molecule has 0 fully saturated rings. The second-order valence-electron chi connectivity index (χ2n) is 6.30. The van der Waals surface area contributed by atoms with E-state index in [1.807, 2.05) is 44.2 Å². The SMILES string of the molecule is Cc1cc(C)cc(NC(=O)c2cc(C(=O)NCc3cccnc3)ccn2)c1. The van der Waals surface area contributed by atoms with Gasteiger partial charge in [-0.05, 0) is 60.9 Å². The molecule has 136 valence electrons. The number of pyridine rings is 2. The molecule has 0 bridgehead atoms. The van der Waals surface area contributed by atoms with Gasteiger partial charge >= 0.3 is 0 Å². The quantitative estimate of drug-likeness (QED) is 0.731. The second-order valence-corrected chi connectivity index (χ2v) is 6.30. The van der Waals surface area contributed by atoms with Gasteiger partial charge in [-0.2, -0.15) is 0 Å². The predicted octanol–water partition coefficient (Wildman–Crippen LogP) is 3.28. The molecule has 6 heteroatoms. The lowest BCUT2D eigenvalue weighted by atomic mass is 10.1. The van der Waals surface area contributed by atoms with Crippen LogP contribution in [-0.4, -0.2) is 21.8 Å². The zero-order valence-corrected chi connectivity index (χ0v) is 15.2. The minimum atomic E-state index is -0.359. The zero-order chi connectivity index (χ0) is 19.2. The number of anilines is 1. The number of rotatable bonds is 5. The minimum absolute atomic E-state index is 0.184. The maximum atomic E-state index is 12.5. The van der Waals surface area contributed by atoms with E-state index in [4.69, 9.17) is 0 Å². The molecule has 2 aromatic heterocycles. The van der Waals surface area contributed by atoms with Crippen LogP contribution in [0.4, 0.5) is 5.69 Å². The van der Waals surface area contributed by atoms with E-state index in [9.17, 15) is 9.59 Å². The fraction of sp³-hybridized carbons (Fsp3) is 0.143. The highest BCUT2D eigenvalue weighted by Crippen LogP contribution is 2.15. The Morgan fingerprint density at radius 3 is 2.44 bits per heavy atom. The summed E-state index contributed by atoms with van der Waals surface area (Å²) in [5.74, 6) is -0.636. The van der Waals surface area contributed by atoms with Crippen LogP contribution in [0.2, 0.25) is 0 Å². The summed E-state index contributed by atoms with van der Waals surface area (Å²) in [5, 5.41) is 5.63. The van der Waals surface area contributed by atoms with Crippen LogP contribution in [0.3, 0.4) is 0 Å². The number of nitrogens with zero attached hydrogens (tertiary/aromatic N) is 2. The lowest BCUT2D eigenvalue weighted by Gasteiger charge is -2.09. The summed E-state index contributed by atoms with van der Waals surface area (Å²) in [4.78, 5) is 32.9. The monoisotopic (exact) mass is 360 g/mol. The number of hydrogen-bond donors (Lipinski definition) is 2. The van der Waals surface area contributed by atoms with E-state index >= 15 is 0 Å². The fourth-order valence-electron chi connectivity index (χ4n) is 2.73. The number of nitrogens with one attached hydrogen (secondary N) is 2. The number of benzene rings is 1. The van der Waals surface area contributed by atoms with Crippen molar-refractivity contribution >= 4 is 17.5 Å². The zero-order valence-electron chi connectivity index (χ0n) is 15.2. The highest BCUT2D eigenvalue weighted by molar-refractivity contribution is 6.04. The summed E-state index contributed by atoms with van der Waals surface area (Å²) < 4.78 is 0. The summed E-state index contributed by atoms with van der Waals surface area (Å²) in [6.07, 6.45) is 4.82. The molecular weight excluding hydrogens is 340 g/mol. The molecule has 0 unspecified atom stereocenters. The molecule has 0 radical (unpaired) electrons. The van der Waals surface area contributed by atoms with E-state index in [0.29, 0.717) is 17.8 Å². The van der Waals surface area contributed by atoms with Crippen LogP contribution in [0.1, 0.15) is 37.5 Å². The van der Waals surface area contributed by atoms with Crippen LogP contribution in [-0.2, 0) is 6.54 Å². The Balaban J connectivity index is 1.68. The summed E-state index contributed by atoms with van der Waals surface area (Å²) in [6.45, 7) is 4.29. The lowest BCUT2D eigenvalue weighted by Crippen LogP contribution is -2.23. The maximum absolute atomic E-state index is 12.5. The Bertz CT molecular complexity index is 951. The Kier molecular flexibility index (Phi) is 5.56. The van der Waals surface area contributed by atoms with Crippen LogP contribution in [0.15, 0.2) is 61.1 Å². The van der Waals surface area contributed by atoms with Crippen LogP contribution in [0.25, 0.3) is 0 Å². The Labute approximate surface area is 157 Å². The molecule has 0 saturated heterocycles. The molecule has 2 N–H and O–H groups in total. The van der Waals surface area contributed by atoms with Gasteiger partial charge in [0.2, 0.25) is 0 Å². The molecule has 1 aromatic carbocycles. The summed E-state index contributed by atoms with van der Waals surface area (Å²) in [7, 11) is 0. The molecule has 0 aliphatic heterocycles. The summed E-state index contributed by atoms with van der Waals surface area (Å²) in [6, 6.07) is 12.5. The third-order valence-electron chi connectivity index (χ3n) is 3.91. The first-order valence-corrected chi connectivity index (χ1v) is 8.54. The van der Waals surface area contributed by atoms with Crippen LogP contribution < -0.4 is 10.6 Å². The van der Waals surface area contributed by atoms with Crippen molar-refractivity contribution in [2.75, 3.05) is 5.32 Å². The molecular formula is C21H20N4O2. The van der Waals surface area contributed by atoms with Gasteiger partial charge in [-0.25, -0.2) is 0 Å². The highest BCUT2D eigenvalue weighted by atomic mass is 16.2. The van der Waals surface area contributed by atoms with Gasteiger partial charge < -0.3 is 10.6 Å². The van der Waals surface area contributed by atoms with Crippen molar-refractivity contribution in [1.29, 1.82) is 0 Å². The molecule has 0 aliphatic rings. The maximum Gasteiger partial charge on any atom is 0.274 e. The van der Waals surface area contributed by atoms with E-state index in [0.717, 1.165) is 16.7 Å². The van der Waals surface area contributed by atoms with Crippen molar-refractivity contribution in [3.05, 3.63) is 89.0 Å². The molecule has 3 aromatic rings. The van der Waals surface area contributed by atoms with Crippen molar-refractivity contribution in [3.63, 3.8) is 0 Å². The molecule has 0 atom stereocenters. The third kappa shape index (κ3) is 4.98. The summed E-state index contributed by atoms with van der Waals surface area (Å²) in [5.41, 5.74) is 4.27. The molecule has 6 nitrogen and oxygen atoms in total. The molecule has 0 saturated carbocycles. The lowest BCUT2D eigenvalue weighted by molar-refractivity contribution is 0.0950. The number of carbonyl (C=O) groups is 2. The Hall–Kier alpha value is -3.54. The first kappa shape index (κ1) is 18.3. The smallest absolute Gasteiger partial charge is 0.274 e. The van der Waals surface area contributed by atoms with E-state index in [1.54, 1.807) is 18.5 Å². The van der Waals surface area contributed by atoms with E-state index in [1.165, 1.54) is 12.3 Å². The van der Waals surface area contributed by atoms with Crippen molar-refractivity contribution < 1.29 is 9.59 Å². The number of hydrogen-bond acceptors (Lipinski definition) is 4. The van der Waals surface area contributed by atoms with Crippen molar-refractivity contribution in [2.45, 2.75) is 20.4 Å². The van der Waals surface area contributed by atoms with Gasteiger partial charge in [0.1, 0.15) is 5.69 Å². The standard InChI is InChI=1S/C21H20N4O2/c1-14-8-15(2)10-18(9-14)25-21(27)19-11-17(5-7-23-19)20(26)24-13-16-4-3-6-22-12-16/h3-12H,13H2,1-2H3,(H,24,26)(H,25,27). The first-order valence-electron chi connectivity index (χ1n) is 8.54. The molecule has 27 heavy (non-hydrogen) atoms. The normalized spacial score (nSPS) is 10.3. The Morgan fingerprint density at radius 1 is 0.963 bits per heavy atom. The average molecular weight is 360 g/mol. The van der Waals surface area contributed by atoms with Gasteiger partial charge in [0.05, 0.1) is 0 Å². The van der Waals surface area contributed by atoms with Gasteiger partial charge in [-0.1, -0.05) is 12.1 Å². The molecule has 0 aliphatic carbocycles. The highest BCUT2D eigenvalue weighted by Gasteiger charge is 2.12. The fourth-order valence-corrected chi connectivity index (χ4v) is 2.73. The van der Waals surface area contributed by atoms with Crippen molar-refractivity contribution in [3.8, 4) is 0 Å². The third-order valence-corrected chi connectivity index (χ3v) is 3.91. The van der Waals surface area contributed by atoms with Gasteiger partial charge in [0.15, 0.2) is 0 Å². The van der Waals surface area contributed by atoms with E-state index in [2.05, 4.69) is 20.6 Å².